The zero-order chi connectivity index (χ0) is 17.4. The lowest BCUT2D eigenvalue weighted by atomic mass is 9.87. The summed E-state index contributed by atoms with van der Waals surface area (Å²) in [6.07, 6.45) is 0. The SMILES string of the molecule is COC(=O)C(C(=O)OC)[C@H](C)[C@@H](NC(=O)C(C)C)C(=O)OC. The minimum absolute atomic E-state index is 0.381. The zero-order valence-electron chi connectivity index (χ0n) is 13.7. The van der Waals surface area contributed by atoms with Crippen molar-refractivity contribution in [2.75, 3.05) is 21.3 Å². The number of hydrogen-bond donors (Lipinski definition) is 1. The molecule has 126 valence electrons. The highest BCUT2D eigenvalue weighted by molar-refractivity contribution is 5.96. The number of amides is 1. The zero-order valence-corrected chi connectivity index (χ0v) is 13.7. The summed E-state index contributed by atoms with van der Waals surface area (Å²) in [6.45, 7) is 4.75. The first-order valence-corrected chi connectivity index (χ1v) is 6.75. The number of hydrogen-bond acceptors (Lipinski definition) is 7. The monoisotopic (exact) mass is 317 g/mol. The summed E-state index contributed by atoms with van der Waals surface area (Å²) in [5.74, 6) is -5.52. The molecule has 8 heteroatoms. The van der Waals surface area contributed by atoms with E-state index in [2.05, 4.69) is 19.5 Å². The van der Waals surface area contributed by atoms with Crippen LogP contribution in [0.15, 0.2) is 0 Å². The number of esters is 3. The largest absolute Gasteiger partial charge is 0.468 e. The van der Waals surface area contributed by atoms with Gasteiger partial charge in [-0.1, -0.05) is 20.8 Å². The molecule has 22 heavy (non-hydrogen) atoms. The Morgan fingerprint density at radius 1 is 0.773 bits per heavy atom. The highest BCUT2D eigenvalue weighted by atomic mass is 16.5. The van der Waals surface area contributed by atoms with Gasteiger partial charge >= 0.3 is 17.9 Å². The van der Waals surface area contributed by atoms with Gasteiger partial charge in [-0.05, 0) is 0 Å². The first-order chi connectivity index (χ1) is 10.2. The quantitative estimate of drug-likeness (QED) is 0.397. The maximum absolute atomic E-state index is 11.9. The summed E-state index contributed by atoms with van der Waals surface area (Å²) < 4.78 is 13.8. The Morgan fingerprint density at radius 2 is 1.18 bits per heavy atom. The second-order valence-electron chi connectivity index (χ2n) is 5.05. The van der Waals surface area contributed by atoms with Crippen LogP contribution < -0.4 is 5.32 Å². The van der Waals surface area contributed by atoms with Gasteiger partial charge in [-0.15, -0.1) is 0 Å². The molecule has 1 N–H and O–H groups in total. The average Bonchev–Trinajstić information content (AvgIpc) is 2.50. The summed E-state index contributed by atoms with van der Waals surface area (Å²) in [6, 6.07) is -1.18. The standard InChI is InChI=1S/C14H23NO7/c1-7(2)11(16)15-10(14(19)22-6)8(3)9(12(17)20-4)13(18)21-5/h7-10H,1-6H3,(H,15,16)/t8-,10+/m0/s1. The van der Waals surface area contributed by atoms with Gasteiger partial charge in [0.25, 0.3) is 0 Å². The molecule has 0 unspecified atom stereocenters. The number of rotatable bonds is 7. The molecule has 0 rings (SSSR count). The Balaban J connectivity index is 5.49. The molecule has 0 aromatic heterocycles. The van der Waals surface area contributed by atoms with E-state index in [1.807, 2.05) is 0 Å². The molecule has 0 radical (unpaired) electrons. The second kappa shape index (κ2) is 9.01. The Hall–Kier alpha value is -2.12. The van der Waals surface area contributed by atoms with Gasteiger partial charge in [0.15, 0.2) is 5.92 Å². The molecule has 0 aromatic carbocycles. The molecule has 1 amide bonds. The van der Waals surface area contributed by atoms with Gasteiger partial charge in [0.1, 0.15) is 6.04 Å². The first-order valence-electron chi connectivity index (χ1n) is 6.75. The molecular weight excluding hydrogens is 294 g/mol. The number of carbonyl (C=O) groups excluding carboxylic acids is 4. The fourth-order valence-corrected chi connectivity index (χ4v) is 1.82. The normalized spacial score (nSPS) is 13.3. The molecule has 0 fully saturated rings. The van der Waals surface area contributed by atoms with Crippen LogP contribution in [0.4, 0.5) is 0 Å². The highest BCUT2D eigenvalue weighted by Gasteiger charge is 2.42. The van der Waals surface area contributed by atoms with Crippen molar-refractivity contribution in [2.45, 2.75) is 26.8 Å². The maximum atomic E-state index is 11.9. The van der Waals surface area contributed by atoms with Gasteiger partial charge in [-0.3, -0.25) is 14.4 Å². The molecule has 0 aliphatic rings. The van der Waals surface area contributed by atoms with Gasteiger partial charge in [0, 0.05) is 11.8 Å². The average molecular weight is 317 g/mol. The fourth-order valence-electron chi connectivity index (χ4n) is 1.82. The molecule has 2 atom stereocenters. The minimum Gasteiger partial charge on any atom is -0.468 e. The van der Waals surface area contributed by atoms with E-state index in [0.29, 0.717) is 0 Å². The van der Waals surface area contributed by atoms with Crippen LogP contribution in [0.1, 0.15) is 20.8 Å². The molecule has 0 saturated carbocycles. The Labute approximate surface area is 129 Å². The molecular formula is C14H23NO7. The van der Waals surface area contributed by atoms with Crippen LogP contribution in [0.5, 0.6) is 0 Å². The van der Waals surface area contributed by atoms with E-state index < -0.39 is 41.7 Å². The second-order valence-corrected chi connectivity index (χ2v) is 5.05. The van der Waals surface area contributed by atoms with Crippen LogP contribution in [0.3, 0.4) is 0 Å². The van der Waals surface area contributed by atoms with Crippen molar-refractivity contribution in [2.24, 2.45) is 17.8 Å². The molecule has 0 bridgehead atoms. The van der Waals surface area contributed by atoms with Crippen molar-refractivity contribution in [3.8, 4) is 0 Å². The predicted octanol–water partition coefficient (Wildman–Crippen LogP) is -0.101. The van der Waals surface area contributed by atoms with Crippen LogP contribution in [0.25, 0.3) is 0 Å². The lowest BCUT2D eigenvalue weighted by molar-refractivity contribution is -0.163. The third-order valence-electron chi connectivity index (χ3n) is 3.24. The molecule has 0 spiro atoms. The van der Waals surface area contributed by atoms with Crippen LogP contribution in [-0.4, -0.2) is 51.2 Å². The van der Waals surface area contributed by atoms with Gasteiger partial charge < -0.3 is 19.5 Å². The van der Waals surface area contributed by atoms with Gasteiger partial charge in [-0.2, -0.15) is 0 Å². The lowest BCUT2D eigenvalue weighted by Gasteiger charge is -2.27. The van der Waals surface area contributed by atoms with Gasteiger partial charge in [-0.25, -0.2) is 4.79 Å². The minimum atomic E-state index is -1.36. The van der Waals surface area contributed by atoms with E-state index in [0.717, 1.165) is 21.3 Å². The van der Waals surface area contributed by atoms with E-state index in [9.17, 15) is 19.2 Å². The van der Waals surface area contributed by atoms with Crippen molar-refractivity contribution in [1.29, 1.82) is 0 Å². The topological polar surface area (TPSA) is 108 Å². The molecule has 8 nitrogen and oxygen atoms in total. The van der Waals surface area contributed by atoms with E-state index in [1.54, 1.807) is 13.8 Å². The van der Waals surface area contributed by atoms with Crippen molar-refractivity contribution in [3.63, 3.8) is 0 Å². The van der Waals surface area contributed by atoms with Crippen molar-refractivity contribution < 1.29 is 33.4 Å². The lowest BCUT2D eigenvalue weighted by Crippen LogP contribution is -2.51. The molecule has 0 aromatic rings. The summed E-state index contributed by atoms with van der Waals surface area (Å²) in [7, 11) is 3.38. The van der Waals surface area contributed by atoms with Crippen LogP contribution >= 0.6 is 0 Å². The van der Waals surface area contributed by atoms with Crippen LogP contribution in [-0.2, 0) is 33.4 Å². The number of carbonyl (C=O) groups is 4. The highest BCUT2D eigenvalue weighted by Crippen LogP contribution is 2.20. The van der Waals surface area contributed by atoms with Gasteiger partial charge in [0.05, 0.1) is 21.3 Å². The summed E-state index contributed by atoms with van der Waals surface area (Å²) in [5, 5.41) is 2.48. The Kier molecular flexibility index (Phi) is 8.14. The van der Waals surface area contributed by atoms with Crippen molar-refractivity contribution >= 4 is 23.8 Å². The fraction of sp³-hybridized carbons (Fsp3) is 0.714. The van der Waals surface area contributed by atoms with E-state index in [1.165, 1.54) is 6.92 Å². The van der Waals surface area contributed by atoms with E-state index >= 15 is 0 Å². The molecule has 0 aliphatic carbocycles. The molecule has 0 saturated heterocycles. The van der Waals surface area contributed by atoms with E-state index in [-0.39, 0.29) is 5.92 Å². The third kappa shape index (κ3) is 5.01. The summed E-state index contributed by atoms with van der Waals surface area (Å²) in [5.41, 5.74) is 0. The Morgan fingerprint density at radius 3 is 1.50 bits per heavy atom. The van der Waals surface area contributed by atoms with Gasteiger partial charge in [0.2, 0.25) is 5.91 Å². The smallest absolute Gasteiger partial charge is 0.328 e. The Bertz CT molecular complexity index is 417. The maximum Gasteiger partial charge on any atom is 0.328 e. The third-order valence-corrected chi connectivity index (χ3v) is 3.24. The van der Waals surface area contributed by atoms with Crippen LogP contribution in [0.2, 0.25) is 0 Å². The van der Waals surface area contributed by atoms with Crippen LogP contribution in [0, 0.1) is 17.8 Å². The predicted molar refractivity (Wildman–Crippen MR) is 75.5 cm³/mol. The number of ether oxygens (including phenoxy) is 3. The van der Waals surface area contributed by atoms with Crippen molar-refractivity contribution in [1.82, 2.24) is 5.32 Å². The van der Waals surface area contributed by atoms with E-state index in [4.69, 9.17) is 0 Å². The first kappa shape index (κ1) is 19.9. The molecule has 0 heterocycles. The molecule has 0 aliphatic heterocycles. The van der Waals surface area contributed by atoms with Crippen molar-refractivity contribution in [3.05, 3.63) is 0 Å². The number of methoxy groups -OCH3 is 3. The number of nitrogens with one attached hydrogen (secondary N) is 1. The summed E-state index contributed by atoms with van der Waals surface area (Å²) in [4.78, 5) is 47.3. The summed E-state index contributed by atoms with van der Waals surface area (Å²) >= 11 is 0.